The third-order valence-corrected chi connectivity index (χ3v) is 7.80. The number of phenols is 1. The Kier molecular flexibility index (Phi) is 5.36. The molecule has 4 aromatic carbocycles. The maximum atomic E-state index is 13.8. The standard InChI is InChI=1S/C26H22N2O4S/c29-23-11-5-10-22(16-23)27-26(30)25-15-20-8-3-4-9-21(20)17-28(25)33(31,32)24-13-12-18-6-1-2-7-19(18)14-24/h1-14,16,25,29H,15,17H2,(H,27,30). The number of amides is 1. The van der Waals surface area contributed by atoms with Crippen LogP contribution in [0.25, 0.3) is 10.8 Å². The van der Waals surface area contributed by atoms with E-state index in [-0.39, 0.29) is 23.6 Å². The van der Waals surface area contributed by atoms with Crippen molar-refractivity contribution in [3.63, 3.8) is 0 Å². The van der Waals surface area contributed by atoms with E-state index in [2.05, 4.69) is 5.32 Å². The fourth-order valence-corrected chi connectivity index (χ4v) is 5.85. The van der Waals surface area contributed by atoms with Crippen LogP contribution in [-0.4, -0.2) is 29.8 Å². The van der Waals surface area contributed by atoms with Gasteiger partial charge in [0.1, 0.15) is 11.8 Å². The van der Waals surface area contributed by atoms with Crippen LogP contribution in [0.4, 0.5) is 5.69 Å². The number of nitrogens with one attached hydrogen (secondary N) is 1. The zero-order valence-electron chi connectivity index (χ0n) is 17.7. The van der Waals surface area contributed by atoms with Crippen molar-refractivity contribution in [1.29, 1.82) is 0 Å². The molecule has 2 N–H and O–H groups in total. The van der Waals surface area contributed by atoms with E-state index in [4.69, 9.17) is 0 Å². The lowest BCUT2D eigenvalue weighted by molar-refractivity contribution is -0.120. The van der Waals surface area contributed by atoms with Gasteiger partial charge in [-0.3, -0.25) is 4.79 Å². The molecule has 1 aliphatic rings. The van der Waals surface area contributed by atoms with E-state index < -0.39 is 22.0 Å². The maximum Gasteiger partial charge on any atom is 0.244 e. The predicted octanol–water partition coefficient (Wildman–Crippen LogP) is 4.30. The van der Waals surface area contributed by atoms with Crippen molar-refractivity contribution in [2.45, 2.75) is 23.9 Å². The fourth-order valence-electron chi connectivity index (χ4n) is 4.25. The Morgan fingerprint density at radius 2 is 1.58 bits per heavy atom. The zero-order chi connectivity index (χ0) is 23.0. The van der Waals surface area contributed by atoms with Crippen molar-refractivity contribution < 1.29 is 18.3 Å². The minimum atomic E-state index is -3.97. The molecule has 0 fully saturated rings. The molecular formula is C26H22N2O4S. The number of anilines is 1. The number of hydrogen-bond acceptors (Lipinski definition) is 4. The number of aromatic hydroxyl groups is 1. The molecule has 0 aliphatic carbocycles. The summed E-state index contributed by atoms with van der Waals surface area (Å²) in [5, 5.41) is 14.2. The Morgan fingerprint density at radius 1 is 0.848 bits per heavy atom. The molecule has 0 bridgehead atoms. The molecule has 1 amide bonds. The highest BCUT2D eigenvalue weighted by atomic mass is 32.2. The summed E-state index contributed by atoms with van der Waals surface area (Å²) in [6, 6.07) is 25.4. The van der Waals surface area contributed by atoms with E-state index in [1.54, 1.807) is 30.3 Å². The van der Waals surface area contributed by atoms with Gasteiger partial charge in [-0.1, -0.05) is 60.7 Å². The monoisotopic (exact) mass is 458 g/mol. The number of phenolic OH excluding ortho intramolecular Hbond substituents is 1. The Hall–Kier alpha value is -3.68. The predicted molar refractivity (Wildman–Crippen MR) is 127 cm³/mol. The van der Waals surface area contributed by atoms with Crippen molar-refractivity contribution in [1.82, 2.24) is 4.31 Å². The second-order valence-corrected chi connectivity index (χ2v) is 9.98. The number of nitrogens with zero attached hydrogens (tertiary/aromatic N) is 1. The summed E-state index contributed by atoms with van der Waals surface area (Å²) >= 11 is 0. The molecule has 1 aliphatic heterocycles. The normalized spacial score (nSPS) is 16.3. The van der Waals surface area contributed by atoms with Crippen molar-refractivity contribution >= 4 is 32.4 Å². The number of carbonyl (C=O) groups is 1. The van der Waals surface area contributed by atoms with Gasteiger partial charge in [-0.05, 0) is 52.6 Å². The molecule has 0 aromatic heterocycles. The van der Waals surface area contributed by atoms with E-state index in [1.807, 2.05) is 48.5 Å². The van der Waals surface area contributed by atoms with Crippen LogP contribution in [0.3, 0.4) is 0 Å². The summed E-state index contributed by atoms with van der Waals surface area (Å²) in [4.78, 5) is 13.4. The molecule has 5 rings (SSSR count). The van der Waals surface area contributed by atoms with E-state index in [0.29, 0.717) is 5.69 Å². The highest BCUT2D eigenvalue weighted by molar-refractivity contribution is 7.89. The first-order valence-electron chi connectivity index (χ1n) is 10.6. The minimum Gasteiger partial charge on any atom is -0.508 e. The number of hydrogen-bond donors (Lipinski definition) is 2. The summed E-state index contributed by atoms with van der Waals surface area (Å²) < 4.78 is 28.8. The van der Waals surface area contributed by atoms with Crippen LogP contribution >= 0.6 is 0 Å². The number of rotatable bonds is 4. The molecular weight excluding hydrogens is 436 g/mol. The van der Waals surface area contributed by atoms with Gasteiger partial charge < -0.3 is 10.4 Å². The second kappa shape index (κ2) is 8.35. The van der Waals surface area contributed by atoms with Crippen LogP contribution in [0.1, 0.15) is 11.1 Å². The van der Waals surface area contributed by atoms with Gasteiger partial charge in [0.05, 0.1) is 4.90 Å². The average Bonchev–Trinajstić information content (AvgIpc) is 2.83. The maximum absolute atomic E-state index is 13.8. The molecule has 7 heteroatoms. The SMILES string of the molecule is O=C(Nc1cccc(O)c1)C1Cc2ccccc2CN1S(=O)(=O)c1ccc2ccccc2c1. The smallest absolute Gasteiger partial charge is 0.244 e. The van der Waals surface area contributed by atoms with Crippen LogP contribution in [0.5, 0.6) is 5.75 Å². The van der Waals surface area contributed by atoms with E-state index >= 15 is 0 Å². The molecule has 0 saturated carbocycles. The summed E-state index contributed by atoms with van der Waals surface area (Å²) in [6.45, 7) is 0.101. The summed E-state index contributed by atoms with van der Waals surface area (Å²) in [5.74, 6) is -0.429. The van der Waals surface area contributed by atoms with Crippen molar-refractivity contribution in [3.05, 3.63) is 102 Å². The van der Waals surface area contributed by atoms with E-state index in [9.17, 15) is 18.3 Å². The summed E-state index contributed by atoms with van der Waals surface area (Å²) in [7, 11) is -3.97. The molecule has 166 valence electrons. The number of benzene rings is 4. The highest BCUT2D eigenvalue weighted by Gasteiger charge is 2.39. The quantitative estimate of drug-likeness (QED) is 0.477. The second-order valence-electron chi connectivity index (χ2n) is 8.09. The molecule has 1 heterocycles. The zero-order valence-corrected chi connectivity index (χ0v) is 18.5. The van der Waals surface area contributed by atoms with Gasteiger partial charge >= 0.3 is 0 Å². The van der Waals surface area contributed by atoms with Gasteiger partial charge in [0.2, 0.25) is 15.9 Å². The number of sulfonamides is 1. The first-order valence-corrected chi connectivity index (χ1v) is 12.0. The molecule has 33 heavy (non-hydrogen) atoms. The van der Waals surface area contributed by atoms with Crippen LogP contribution in [0.2, 0.25) is 0 Å². The third-order valence-electron chi connectivity index (χ3n) is 5.95. The molecule has 0 spiro atoms. The van der Waals surface area contributed by atoms with Crippen LogP contribution in [0.15, 0.2) is 95.9 Å². The minimum absolute atomic E-state index is 0.0161. The van der Waals surface area contributed by atoms with Crippen LogP contribution < -0.4 is 5.32 Å². The number of carbonyl (C=O) groups excluding carboxylic acids is 1. The topological polar surface area (TPSA) is 86.7 Å². The lowest BCUT2D eigenvalue weighted by Crippen LogP contribution is -2.50. The van der Waals surface area contributed by atoms with Gasteiger partial charge in [0.15, 0.2) is 0 Å². The Balaban J connectivity index is 1.54. The van der Waals surface area contributed by atoms with Crippen molar-refractivity contribution in [2.24, 2.45) is 0 Å². The molecule has 1 unspecified atom stereocenters. The Labute approximate surface area is 192 Å². The van der Waals surface area contributed by atoms with Crippen molar-refractivity contribution in [2.75, 3.05) is 5.32 Å². The van der Waals surface area contributed by atoms with Crippen LogP contribution in [0, 0.1) is 0 Å². The highest BCUT2D eigenvalue weighted by Crippen LogP contribution is 2.31. The molecule has 1 atom stereocenters. The Bertz CT molecular complexity index is 1470. The fraction of sp³-hybridized carbons (Fsp3) is 0.115. The van der Waals surface area contributed by atoms with E-state index in [1.165, 1.54) is 16.4 Å². The van der Waals surface area contributed by atoms with Crippen LogP contribution in [-0.2, 0) is 27.8 Å². The van der Waals surface area contributed by atoms with Gasteiger partial charge in [-0.15, -0.1) is 0 Å². The largest absolute Gasteiger partial charge is 0.508 e. The lowest BCUT2D eigenvalue weighted by Gasteiger charge is -2.35. The van der Waals surface area contributed by atoms with Gasteiger partial charge in [0, 0.05) is 18.3 Å². The number of fused-ring (bicyclic) bond motifs is 2. The first kappa shape index (κ1) is 21.2. The van der Waals surface area contributed by atoms with Gasteiger partial charge in [-0.25, -0.2) is 8.42 Å². The molecule has 4 aromatic rings. The average molecular weight is 459 g/mol. The summed E-state index contributed by atoms with van der Waals surface area (Å²) in [6.07, 6.45) is 0.258. The molecule has 0 saturated heterocycles. The molecule has 0 radical (unpaired) electrons. The first-order chi connectivity index (χ1) is 15.9. The lowest BCUT2D eigenvalue weighted by atomic mass is 9.95. The van der Waals surface area contributed by atoms with E-state index in [0.717, 1.165) is 21.9 Å². The van der Waals surface area contributed by atoms with Crippen molar-refractivity contribution in [3.8, 4) is 5.75 Å². The third kappa shape index (κ3) is 4.08. The summed E-state index contributed by atoms with van der Waals surface area (Å²) in [5.41, 5.74) is 2.23. The van der Waals surface area contributed by atoms with Gasteiger partial charge in [0.25, 0.3) is 0 Å². The Morgan fingerprint density at radius 3 is 2.36 bits per heavy atom. The molecule has 6 nitrogen and oxygen atoms in total. The van der Waals surface area contributed by atoms with Gasteiger partial charge in [-0.2, -0.15) is 4.31 Å².